The van der Waals surface area contributed by atoms with Crippen LogP contribution in [0.3, 0.4) is 0 Å². The molecule has 0 unspecified atom stereocenters. The van der Waals surface area contributed by atoms with Gasteiger partial charge in [-0.2, -0.15) is 0 Å². The molecule has 0 amide bonds. The summed E-state index contributed by atoms with van der Waals surface area (Å²) in [5.41, 5.74) is 4.04. The van der Waals surface area contributed by atoms with E-state index in [1.54, 1.807) is 0 Å². The van der Waals surface area contributed by atoms with Crippen LogP contribution < -0.4 is 5.56 Å². The molecule has 2 aliphatic rings. The van der Waals surface area contributed by atoms with Gasteiger partial charge in [-0.25, -0.2) is 4.68 Å². The number of pyridine rings is 1. The lowest BCUT2D eigenvalue weighted by Crippen LogP contribution is -2.38. The molecule has 5 rings (SSSR count). The smallest absolute Gasteiger partial charge is 0.252 e. The van der Waals surface area contributed by atoms with Crippen LogP contribution in [0.2, 0.25) is 0 Å². The second-order valence-electron chi connectivity index (χ2n) is 10.4. The van der Waals surface area contributed by atoms with Gasteiger partial charge in [0.25, 0.3) is 5.56 Å². The van der Waals surface area contributed by atoms with E-state index in [-0.39, 0.29) is 17.7 Å². The van der Waals surface area contributed by atoms with Gasteiger partial charge in [0.05, 0.1) is 18.2 Å². The van der Waals surface area contributed by atoms with Crippen molar-refractivity contribution in [2.45, 2.75) is 96.9 Å². The van der Waals surface area contributed by atoms with Gasteiger partial charge in [-0.15, -0.1) is 5.10 Å². The normalized spacial score (nSPS) is 20.2. The van der Waals surface area contributed by atoms with Gasteiger partial charge in [0, 0.05) is 30.8 Å². The van der Waals surface area contributed by atoms with Crippen molar-refractivity contribution in [3.05, 3.63) is 51.1 Å². The SMILES string of the molecule is CC[C@H](c1nnnn1C1CCCCC1)N(Cc1cc2cc(C)c(C)cc2[nH]c1=O)C[C@H]1CCCO1. The van der Waals surface area contributed by atoms with E-state index in [2.05, 4.69) is 69.1 Å². The van der Waals surface area contributed by atoms with Crippen LogP contribution in [0.25, 0.3) is 10.9 Å². The third-order valence-electron chi connectivity index (χ3n) is 7.94. The van der Waals surface area contributed by atoms with Crippen molar-refractivity contribution in [3.8, 4) is 0 Å². The van der Waals surface area contributed by atoms with Gasteiger partial charge in [-0.05, 0) is 91.1 Å². The minimum Gasteiger partial charge on any atom is -0.377 e. The number of nitrogens with zero attached hydrogens (tertiary/aromatic N) is 5. The number of hydrogen-bond donors (Lipinski definition) is 1. The summed E-state index contributed by atoms with van der Waals surface area (Å²) in [5.74, 6) is 0.918. The maximum Gasteiger partial charge on any atom is 0.252 e. The van der Waals surface area contributed by atoms with E-state index in [0.29, 0.717) is 12.6 Å². The fraction of sp³-hybridized carbons (Fsp3) is 0.630. The number of rotatable bonds is 8. The molecule has 0 bridgehead atoms. The molecule has 35 heavy (non-hydrogen) atoms. The fourth-order valence-electron chi connectivity index (χ4n) is 5.82. The fourth-order valence-corrected chi connectivity index (χ4v) is 5.82. The van der Waals surface area contributed by atoms with Gasteiger partial charge >= 0.3 is 0 Å². The molecule has 1 N–H and O–H groups in total. The Morgan fingerprint density at radius 2 is 1.91 bits per heavy atom. The maximum atomic E-state index is 13.2. The summed E-state index contributed by atoms with van der Waals surface area (Å²) in [7, 11) is 0. The highest BCUT2D eigenvalue weighted by atomic mass is 16.5. The van der Waals surface area contributed by atoms with Crippen LogP contribution in [0.5, 0.6) is 0 Å². The van der Waals surface area contributed by atoms with Gasteiger partial charge in [-0.3, -0.25) is 9.69 Å². The van der Waals surface area contributed by atoms with Crippen LogP contribution in [0, 0.1) is 13.8 Å². The molecule has 1 saturated carbocycles. The molecule has 8 nitrogen and oxygen atoms in total. The van der Waals surface area contributed by atoms with Gasteiger partial charge in [-0.1, -0.05) is 26.2 Å². The molecule has 1 aliphatic carbocycles. The van der Waals surface area contributed by atoms with Crippen molar-refractivity contribution in [1.82, 2.24) is 30.1 Å². The van der Waals surface area contributed by atoms with Crippen LogP contribution >= 0.6 is 0 Å². The average molecular weight is 479 g/mol. The molecule has 2 aromatic heterocycles. The van der Waals surface area contributed by atoms with E-state index in [4.69, 9.17) is 4.74 Å². The zero-order valence-electron chi connectivity index (χ0n) is 21.3. The number of H-pyrrole nitrogens is 1. The molecule has 1 aliphatic heterocycles. The molecule has 2 fully saturated rings. The average Bonchev–Trinajstić information content (AvgIpc) is 3.55. The molecule has 3 heterocycles. The lowest BCUT2D eigenvalue weighted by Gasteiger charge is -2.33. The summed E-state index contributed by atoms with van der Waals surface area (Å²) in [6.45, 7) is 8.48. The summed E-state index contributed by atoms with van der Waals surface area (Å²) in [5, 5.41) is 14.1. The molecule has 2 atom stereocenters. The Hall–Kier alpha value is -2.58. The molecular weight excluding hydrogens is 440 g/mol. The predicted molar refractivity (Wildman–Crippen MR) is 136 cm³/mol. The Morgan fingerprint density at radius 1 is 1.11 bits per heavy atom. The van der Waals surface area contributed by atoms with Crippen LogP contribution in [-0.4, -0.2) is 49.3 Å². The molecule has 8 heteroatoms. The van der Waals surface area contributed by atoms with Gasteiger partial charge in [0.15, 0.2) is 5.82 Å². The number of benzene rings is 1. The third-order valence-corrected chi connectivity index (χ3v) is 7.94. The van der Waals surface area contributed by atoms with E-state index in [0.717, 1.165) is 67.5 Å². The van der Waals surface area contributed by atoms with E-state index in [9.17, 15) is 4.79 Å². The van der Waals surface area contributed by atoms with Crippen molar-refractivity contribution < 1.29 is 4.74 Å². The number of aryl methyl sites for hydroxylation is 2. The third kappa shape index (κ3) is 5.19. The Bertz CT molecular complexity index is 1210. The number of nitrogens with one attached hydrogen (secondary N) is 1. The number of hydrogen-bond acceptors (Lipinski definition) is 6. The second-order valence-corrected chi connectivity index (χ2v) is 10.4. The first kappa shape index (κ1) is 24.1. The first-order valence-electron chi connectivity index (χ1n) is 13.3. The Labute approximate surface area is 207 Å². The molecular formula is C27H38N6O2. The van der Waals surface area contributed by atoms with E-state index < -0.39 is 0 Å². The highest BCUT2D eigenvalue weighted by Gasteiger charge is 2.31. The Morgan fingerprint density at radius 3 is 2.66 bits per heavy atom. The first-order chi connectivity index (χ1) is 17.0. The van der Waals surface area contributed by atoms with Crippen LogP contribution in [-0.2, 0) is 11.3 Å². The highest BCUT2D eigenvalue weighted by Crippen LogP contribution is 2.32. The number of aromatic nitrogens is 5. The van der Waals surface area contributed by atoms with Crippen molar-refractivity contribution in [3.63, 3.8) is 0 Å². The molecule has 0 radical (unpaired) electrons. The number of tetrazole rings is 1. The Balaban J connectivity index is 1.49. The van der Waals surface area contributed by atoms with Gasteiger partial charge < -0.3 is 9.72 Å². The molecule has 1 saturated heterocycles. The largest absolute Gasteiger partial charge is 0.377 e. The molecule has 1 aromatic carbocycles. The highest BCUT2D eigenvalue weighted by molar-refractivity contribution is 5.80. The van der Waals surface area contributed by atoms with Crippen molar-refractivity contribution >= 4 is 10.9 Å². The summed E-state index contributed by atoms with van der Waals surface area (Å²) in [4.78, 5) is 18.6. The molecule has 3 aromatic rings. The lowest BCUT2D eigenvalue weighted by molar-refractivity contribution is 0.0481. The van der Waals surface area contributed by atoms with Gasteiger partial charge in [0.1, 0.15) is 0 Å². The monoisotopic (exact) mass is 478 g/mol. The van der Waals surface area contributed by atoms with Crippen molar-refractivity contribution in [2.24, 2.45) is 0 Å². The zero-order valence-corrected chi connectivity index (χ0v) is 21.3. The Kier molecular flexibility index (Phi) is 7.29. The number of fused-ring (bicyclic) bond motifs is 1. The minimum atomic E-state index is -0.0279. The second kappa shape index (κ2) is 10.6. The van der Waals surface area contributed by atoms with Crippen LogP contribution in [0.1, 0.15) is 92.9 Å². The quantitative estimate of drug-likeness (QED) is 0.502. The van der Waals surface area contributed by atoms with Crippen molar-refractivity contribution in [2.75, 3.05) is 13.2 Å². The number of ether oxygens (including phenoxy) is 1. The van der Waals surface area contributed by atoms with Gasteiger partial charge in [0.2, 0.25) is 0 Å². The van der Waals surface area contributed by atoms with E-state index in [1.165, 1.54) is 30.4 Å². The topological polar surface area (TPSA) is 88.9 Å². The zero-order chi connectivity index (χ0) is 24.4. The first-order valence-corrected chi connectivity index (χ1v) is 13.3. The summed E-state index contributed by atoms with van der Waals surface area (Å²) in [6, 6.07) is 6.66. The summed E-state index contributed by atoms with van der Waals surface area (Å²) in [6.07, 6.45) is 9.18. The minimum absolute atomic E-state index is 0.0194. The molecule has 188 valence electrons. The van der Waals surface area contributed by atoms with E-state index >= 15 is 0 Å². The van der Waals surface area contributed by atoms with Crippen LogP contribution in [0.4, 0.5) is 0 Å². The maximum absolute atomic E-state index is 13.2. The predicted octanol–water partition coefficient (Wildman–Crippen LogP) is 4.77. The number of aromatic amines is 1. The summed E-state index contributed by atoms with van der Waals surface area (Å²) >= 11 is 0. The van der Waals surface area contributed by atoms with E-state index in [1.807, 2.05) is 0 Å². The molecule has 0 spiro atoms. The summed E-state index contributed by atoms with van der Waals surface area (Å²) < 4.78 is 8.10. The standard InChI is InChI=1S/C27H38N6O2/c1-4-25(26-29-30-31-33(26)22-9-6-5-7-10-22)32(17-23-11-8-12-35-23)16-21-15-20-13-18(2)19(3)14-24(20)28-27(21)34/h13-15,22-23,25H,4-12,16-17H2,1-3H3,(H,28,34)/t23-,25-/m1/s1. The van der Waals surface area contributed by atoms with Crippen molar-refractivity contribution in [1.29, 1.82) is 0 Å². The van der Waals surface area contributed by atoms with Crippen LogP contribution in [0.15, 0.2) is 23.0 Å². The lowest BCUT2D eigenvalue weighted by atomic mass is 9.95.